The highest BCUT2D eigenvalue weighted by Crippen LogP contribution is 2.39. The zero-order valence-electron chi connectivity index (χ0n) is 7.45. The van der Waals surface area contributed by atoms with Gasteiger partial charge in [0.2, 0.25) is 0 Å². The third kappa shape index (κ3) is 2.82. The molecule has 1 aromatic heterocycles. The fraction of sp³-hybridized carbons (Fsp3) is 0.375. The standard InChI is InChI=1S/C8H4BrF5IN/c9-1-3-5(6(10)11)4(8(12,13)14)2-16-7(3)15/h2,6H,1H2. The Morgan fingerprint density at radius 3 is 2.31 bits per heavy atom. The summed E-state index contributed by atoms with van der Waals surface area (Å²) in [6.45, 7) is 0. The first-order valence-electron chi connectivity index (χ1n) is 3.87. The van der Waals surface area contributed by atoms with E-state index in [-0.39, 0.29) is 14.6 Å². The van der Waals surface area contributed by atoms with Crippen molar-refractivity contribution in [1.82, 2.24) is 4.98 Å². The van der Waals surface area contributed by atoms with Crippen molar-refractivity contribution < 1.29 is 22.0 Å². The second-order valence-electron chi connectivity index (χ2n) is 2.79. The van der Waals surface area contributed by atoms with Crippen molar-refractivity contribution in [2.75, 3.05) is 0 Å². The predicted molar refractivity (Wildman–Crippen MR) is 59.5 cm³/mol. The summed E-state index contributed by atoms with van der Waals surface area (Å²) in [5, 5.41) is -0.0954. The molecule has 0 aliphatic carbocycles. The molecule has 0 aliphatic rings. The molecule has 0 unspecified atom stereocenters. The van der Waals surface area contributed by atoms with Gasteiger partial charge < -0.3 is 0 Å². The summed E-state index contributed by atoms with van der Waals surface area (Å²) >= 11 is 4.51. The Morgan fingerprint density at radius 1 is 1.38 bits per heavy atom. The van der Waals surface area contributed by atoms with Crippen molar-refractivity contribution in [2.45, 2.75) is 17.9 Å². The zero-order chi connectivity index (χ0) is 12.5. The van der Waals surface area contributed by atoms with E-state index in [0.29, 0.717) is 6.20 Å². The summed E-state index contributed by atoms with van der Waals surface area (Å²) in [4.78, 5) is 3.46. The Kier molecular flexibility index (Phi) is 4.49. The van der Waals surface area contributed by atoms with E-state index < -0.39 is 23.7 Å². The van der Waals surface area contributed by atoms with Gasteiger partial charge in [-0.3, -0.25) is 0 Å². The van der Waals surface area contributed by atoms with Crippen LogP contribution < -0.4 is 0 Å². The van der Waals surface area contributed by atoms with E-state index in [9.17, 15) is 22.0 Å². The number of aromatic nitrogens is 1. The molecule has 0 bridgehead atoms. The van der Waals surface area contributed by atoms with Crippen LogP contribution in [-0.2, 0) is 11.5 Å². The minimum absolute atomic E-state index is 0.0954. The summed E-state index contributed by atoms with van der Waals surface area (Å²) in [6, 6.07) is 0. The van der Waals surface area contributed by atoms with E-state index in [4.69, 9.17) is 0 Å². The normalized spacial score (nSPS) is 12.2. The van der Waals surface area contributed by atoms with E-state index in [1.54, 1.807) is 22.6 Å². The van der Waals surface area contributed by atoms with Gasteiger partial charge in [-0.15, -0.1) is 0 Å². The SMILES string of the molecule is FC(F)c1c(C(F)(F)F)cnc(I)c1CBr. The molecule has 0 aromatic carbocycles. The molecule has 1 heterocycles. The number of halogens is 7. The second-order valence-corrected chi connectivity index (χ2v) is 4.37. The van der Waals surface area contributed by atoms with E-state index in [1.165, 1.54) is 0 Å². The molecule has 0 aliphatic heterocycles. The molecule has 0 N–H and O–H groups in total. The van der Waals surface area contributed by atoms with Crippen molar-refractivity contribution in [2.24, 2.45) is 0 Å². The molecule has 0 fully saturated rings. The first-order chi connectivity index (χ1) is 7.29. The molecule has 0 amide bonds. The summed E-state index contributed by atoms with van der Waals surface area (Å²) in [6.07, 6.45) is -7.56. The van der Waals surface area contributed by atoms with Crippen LogP contribution in [0.3, 0.4) is 0 Å². The van der Waals surface area contributed by atoms with E-state index in [0.717, 1.165) is 0 Å². The molecule has 1 rings (SSSR count). The topological polar surface area (TPSA) is 12.9 Å². The van der Waals surface area contributed by atoms with Crippen LogP contribution in [0.2, 0.25) is 0 Å². The number of hydrogen-bond acceptors (Lipinski definition) is 1. The maximum atomic E-state index is 12.6. The molecule has 0 atom stereocenters. The minimum atomic E-state index is -4.82. The van der Waals surface area contributed by atoms with E-state index >= 15 is 0 Å². The number of pyridine rings is 1. The molecule has 90 valence electrons. The fourth-order valence-corrected chi connectivity index (χ4v) is 2.86. The zero-order valence-corrected chi connectivity index (χ0v) is 11.2. The maximum Gasteiger partial charge on any atom is 0.418 e. The third-order valence-corrected chi connectivity index (χ3v) is 3.32. The van der Waals surface area contributed by atoms with E-state index in [1.807, 2.05) is 0 Å². The Bertz CT molecular complexity index is 393. The molecule has 0 saturated heterocycles. The molecule has 1 aromatic rings. The van der Waals surface area contributed by atoms with Crippen molar-refractivity contribution in [3.05, 3.63) is 26.6 Å². The lowest BCUT2D eigenvalue weighted by Gasteiger charge is -2.15. The number of hydrogen-bond donors (Lipinski definition) is 0. The third-order valence-electron chi connectivity index (χ3n) is 1.83. The lowest BCUT2D eigenvalue weighted by Crippen LogP contribution is -2.13. The summed E-state index contributed by atoms with van der Waals surface area (Å²) in [7, 11) is 0. The molecule has 0 radical (unpaired) electrons. The lowest BCUT2D eigenvalue weighted by atomic mass is 10.1. The highest BCUT2D eigenvalue weighted by molar-refractivity contribution is 14.1. The highest BCUT2D eigenvalue weighted by atomic mass is 127. The number of rotatable bonds is 2. The Hall–Kier alpha value is 0.01000. The smallest absolute Gasteiger partial charge is 0.249 e. The minimum Gasteiger partial charge on any atom is -0.249 e. The van der Waals surface area contributed by atoms with Crippen LogP contribution in [0.5, 0.6) is 0 Å². The molecular formula is C8H4BrF5IN. The number of nitrogens with zero attached hydrogens (tertiary/aromatic N) is 1. The fourth-order valence-electron chi connectivity index (χ4n) is 1.14. The van der Waals surface area contributed by atoms with Crippen molar-refractivity contribution >= 4 is 38.5 Å². The summed E-state index contributed by atoms with van der Waals surface area (Å²) in [5.41, 5.74) is -2.49. The van der Waals surface area contributed by atoms with Gasteiger partial charge >= 0.3 is 6.18 Å². The van der Waals surface area contributed by atoms with Crippen molar-refractivity contribution in [3.8, 4) is 0 Å². The first-order valence-corrected chi connectivity index (χ1v) is 6.07. The first kappa shape index (κ1) is 14.1. The molecule has 16 heavy (non-hydrogen) atoms. The van der Waals surface area contributed by atoms with Crippen molar-refractivity contribution in [1.29, 1.82) is 0 Å². The average molecular weight is 416 g/mol. The van der Waals surface area contributed by atoms with Crippen LogP contribution in [0.1, 0.15) is 23.1 Å². The molecule has 8 heteroatoms. The number of alkyl halides is 6. The highest BCUT2D eigenvalue weighted by Gasteiger charge is 2.38. The van der Waals surface area contributed by atoms with Gasteiger partial charge in [0.15, 0.2) is 0 Å². The van der Waals surface area contributed by atoms with Gasteiger partial charge in [0.05, 0.1) is 5.56 Å². The lowest BCUT2D eigenvalue weighted by molar-refractivity contribution is -0.139. The quantitative estimate of drug-likeness (QED) is 0.299. The van der Waals surface area contributed by atoms with Gasteiger partial charge in [-0.05, 0) is 22.6 Å². The van der Waals surface area contributed by atoms with Crippen LogP contribution in [0, 0.1) is 3.70 Å². The molecule has 0 saturated carbocycles. The van der Waals surface area contributed by atoms with Gasteiger partial charge in [-0.1, -0.05) is 15.9 Å². The Morgan fingerprint density at radius 2 is 1.94 bits per heavy atom. The Balaban J connectivity index is 3.52. The monoisotopic (exact) mass is 415 g/mol. The van der Waals surface area contributed by atoms with Gasteiger partial charge in [-0.2, -0.15) is 13.2 Å². The van der Waals surface area contributed by atoms with Crippen LogP contribution in [0.15, 0.2) is 6.20 Å². The van der Waals surface area contributed by atoms with E-state index in [2.05, 4.69) is 20.9 Å². The van der Waals surface area contributed by atoms with Gasteiger partial charge in [0, 0.05) is 22.7 Å². The average Bonchev–Trinajstić information content (AvgIpc) is 2.14. The second kappa shape index (κ2) is 5.11. The van der Waals surface area contributed by atoms with Crippen LogP contribution in [0.4, 0.5) is 22.0 Å². The van der Waals surface area contributed by atoms with Crippen LogP contribution in [0.25, 0.3) is 0 Å². The summed E-state index contributed by atoms with van der Waals surface area (Å²) < 4.78 is 62.8. The van der Waals surface area contributed by atoms with Crippen LogP contribution >= 0.6 is 38.5 Å². The molecular weight excluding hydrogens is 412 g/mol. The Labute approximate surface area is 110 Å². The predicted octanol–water partition coefficient (Wildman–Crippen LogP) is 4.54. The van der Waals surface area contributed by atoms with Gasteiger partial charge in [0.25, 0.3) is 6.43 Å². The van der Waals surface area contributed by atoms with Gasteiger partial charge in [0.1, 0.15) is 3.70 Å². The molecule has 1 nitrogen and oxygen atoms in total. The summed E-state index contributed by atoms with van der Waals surface area (Å²) in [5.74, 6) is 0. The van der Waals surface area contributed by atoms with Crippen LogP contribution in [-0.4, -0.2) is 4.98 Å². The largest absolute Gasteiger partial charge is 0.418 e. The molecule has 0 spiro atoms. The van der Waals surface area contributed by atoms with Crippen molar-refractivity contribution in [3.63, 3.8) is 0 Å². The van der Waals surface area contributed by atoms with Gasteiger partial charge in [-0.25, -0.2) is 13.8 Å². The maximum absolute atomic E-state index is 12.6.